The summed E-state index contributed by atoms with van der Waals surface area (Å²) in [5.74, 6) is 1.13. The third kappa shape index (κ3) is 3.88. The first-order valence-electron chi connectivity index (χ1n) is 11.7. The van der Waals surface area contributed by atoms with Gasteiger partial charge in [-0.2, -0.15) is 4.31 Å². The number of sulfonamides is 1. The average Bonchev–Trinajstić information content (AvgIpc) is 3.44. The number of imidazole rings is 1. The minimum Gasteiger partial charge on any atom is -0.393 e. The molecular weight excluding hydrogens is 493 g/mol. The molecule has 9 heteroatoms. The molecule has 34 heavy (non-hydrogen) atoms. The molecule has 178 valence electrons. The van der Waals surface area contributed by atoms with Gasteiger partial charge in [-0.25, -0.2) is 13.4 Å². The predicted octanol–water partition coefficient (Wildman–Crippen LogP) is 5.60. The summed E-state index contributed by atoms with van der Waals surface area (Å²) < 4.78 is 28.8. The number of benzene rings is 2. The van der Waals surface area contributed by atoms with Crippen molar-refractivity contribution in [3.05, 3.63) is 58.2 Å². The van der Waals surface area contributed by atoms with E-state index in [-0.39, 0.29) is 22.0 Å². The second kappa shape index (κ2) is 8.35. The van der Waals surface area contributed by atoms with Gasteiger partial charge in [0.2, 0.25) is 10.0 Å². The highest BCUT2D eigenvalue weighted by molar-refractivity contribution is 7.89. The standard InChI is InChI=1S/C25H25Cl2N3O3S/c26-21-8-4-16(10-24(21)34(32,33)30-17-5-6-18(30)12-19(31)11-17)25-28-13-23(29-25)15-3-7-20(14-1-2-14)22(27)9-15/h3-4,7-10,13-14,17-19,31H,1-2,5-6,11-12H2,(H,28,29). The van der Waals surface area contributed by atoms with E-state index in [4.69, 9.17) is 23.2 Å². The molecule has 2 atom stereocenters. The van der Waals surface area contributed by atoms with Gasteiger partial charge >= 0.3 is 0 Å². The Morgan fingerprint density at radius 3 is 2.32 bits per heavy atom. The molecule has 0 radical (unpaired) electrons. The molecule has 3 heterocycles. The molecule has 1 aliphatic carbocycles. The van der Waals surface area contributed by atoms with Crippen LogP contribution in [0.1, 0.15) is 50.0 Å². The number of aromatic amines is 1. The lowest BCUT2D eigenvalue weighted by molar-refractivity contribution is 0.0769. The van der Waals surface area contributed by atoms with E-state index in [0.29, 0.717) is 30.1 Å². The van der Waals surface area contributed by atoms with Crippen molar-refractivity contribution >= 4 is 33.2 Å². The van der Waals surface area contributed by atoms with Crippen molar-refractivity contribution in [3.63, 3.8) is 0 Å². The van der Waals surface area contributed by atoms with E-state index in [1.54, 1.807) is 28.7 Å². The van der Waals surface area contributed by atoms with Crippen LogP contribution in [0.3, 0.4) is 0 Å². The summed E-state index contributed by atoms with van der Waals surface area (Å²) in [6.07, 6.45) is 6.13. The van der Waals surface area contributed by atoms with Gasteiger partial charge in [0, 0.05) is 28.2 Å². The molecule has 2 unspecified atom stereocenters. The van der Waals surface area contributed by atoms with E-state index in [9.17, 15) is 13.5 Å². The third-order valence-electron chi connectivity index (χ3n) is 7.31. The fourth-order valence-corrected chi connectivity index (χ4v) is 8.22. The number of piperidine rings is 1. The number of aromatic nitrogens is 2. The van der Waals surface area contributed by atoms with E-state index in [1.807, 2.05) is 12.1 Å². The SMILES string of the molecule is O=S(=O)(c1cc(-c2ncc(-c3ccc(C4CC4)c(Cl)c3)[nH]2)ccc1Cl)N1C2CCC1CC(O)C2. The van der Waals surface area contributed by atoms with Gasteiger partial charge in [-0.3, -0.25) is 0 Å². The van der Waals surface area contributed by atoms with Crippen LogP contribution in [0.25, 0.3) is 22.6 Å². The van der Waals surface area contributed by atoms with Gasteiger partial charge in [-0.1, -0.05) is 35.3 Å². The van der Waals surface area contributed by atoms with Crippen LogP contribution in [-0.4, -0.2) is 46.0 Å². The van der Waals surface area contributed by atoms with E-state index in [1.165, 1.54) is 18.4 Å². The topological polar surface area (TPSA) is 86.3 Å². The van der Waals surface area contributed by atoms with E-state index in [0.717, 1.165) is 29.1 Å². The van der Waals surface area contributed by atoms with Crippen LogP contribution in [0.15, 0.2) is 47.5 Å². The number of rotatable bonds is 5. The maximum absolute atomic E-state index is 13.6. The Labute approximate surface area is 209 Å². The quantitative estimate of drug-likeness (QED) is 0.460. The van der Waals surface area contributed by atoms with Gasteiger partial charge in [-0.05, 0) is 74.3 Å². The van der Waals surface area contributed by atoms with Gasteiger partial charge in [0.25, 0.3) is 0 Å². The molecule has 0 spiro atoms. The molecule has 0 amide bonds. The largest absolute Gasteiger partial charge is 0.393 e. The molecule has 1 saturated carbocycles. The average molecular weight is 518 g/mol. The summed E-state index contributed by atoms with van der Waals surface area (Å²) in [4.78, 5) is 7.87. The normalized spacial score (nSPS) is 25.1. The lowest BCUT2D eigenvalue weighted by Gasteiger charge is -2.36. The number of nitrogens with zero attached hydrogens (tertiary/aromatic N) is 2. The number of fused-ring (bicyclic) bond motifs is 2. The predicted molar refractivity (Wildman–Crippen MR) is 133 cm³/mol. The Kier molecular flexibility index (Phi) is 5.54. The Balaban J connectivity index is 1.32. The molecule has 3 aliphatic rings. The highest BCUT2D eigenvalue weighted by Gasteiger charge is 2.47. The van der Waals surface area contributed by atoms with Crippen LogP contribution in [0.4, 0.5) is 0 Å². The zero-order chi connectivity index (χ0) is 23.6. The van der Waals surface area contributed by atoms with Crippen LogP contribution >= 0.6 is 23.2 Å². The number of aliphatic hydroxyl groups excluding tert-OH is 1. The third-order valence-corrected chi connectivity index (χ3v) is 10.1. The van der Waals surface area contributed by atoms with Crippen molar-refractivity contribution in [2.24, 2.45) is 0 Å². The minimum absolute atomic E-state index is 0.0785. The molecule has 2 aliphatic heterocycles. The van der Waals surface area contributed by atoms with E-state index >= 15 is 0 Å². The summed E-state index contributed by atoms with van der Waals surface area (Å²) >= 11 is 12.9. The maximum atomic E-state index is 13.6. The van der Waals surface area contributed by atoms with Crippen molar-refractivity contribution in [2.75, 3.05) is 0 Å². The number of hydrogen-bond acceptors (Lipinski definition) is 4. The smallest absolute Gasteiger partial charge is 0.245 e. The van der Waals surface area contributed by atoms with Crippen LogP contribution < -0.4 is 0 Å². The van der Waals surface area contributed by atoms with Crippen molar-refractivity contribution in [1.82, 2.24) is 14.3 Å². The number of nitrogens with one attached hydrogen (secondary N) is 1. The van der Waals surface area contributed by atoms with Gasteiger partial charge < -0.3 is 10.1 Å². The molecular formula is C25H25Cl2N3O3S. The highest BCUT2D eigenvalue weighted by Crippen LogP contribution is 2.44. The fourth-order valence-electron chi connectivity index (χ4n) is 5.49. The molecule has 3 aromatic rings. The molecule has 2 aromatic carbocycles. The molecule has 1 aromatic heterocycles. The first-order chi connectivity index (χ1) is 16.3. The summed E-state index contributed by atoms with van der Waals surface area (Å²) in [5.41, 5.74) is 3.57. The second-order valence-electron chi connectivity index (χ2n) is 9.65. The monoisotopic (exact) mass is 517 g/mol. The van der Waals surface area contributed by atoms with Crippen LogP contribution in [0.2, 0.25) is 10.0 Å². The molecule has 3 fully saturated rings. The van der Waals surface area contributed by atoms with Crippen molar-refractivity contribution in [3.8, 4) is 22.6 Å². The zero-order valence-corrected chi connectivity index (χ0v) is 20.7. The van der Waals surface area contributed by atoms with Crippen LogP contribution in [-0.2, 0) is 10.0 Å². The summed E-state index contributed by atoms with van der Waals surface area (Å²) in [6, 6.07) is 10.7. The Bertz CT molecular complexity index is 1360. The zero-order valence-electron chi connectivity index (χ0n) is 18.4. The molecule has 2 N–H and O–H groups in total. The molecule has 6 rings (SSSR count). The molecule has 6 nitrogen and oxygen atoms in total. The summed E-state index contributed by atoms with van der Waals surface area (Å²) in [5, 5.41) is 11.0. The number of hydrogen-bond donors (Lipinski definition) is 2. The summed E-state index contributed by atoms with van der Waals surface area (Å²) in [7, 11) is -3.81. The Morgan fingerprint density at radius 1 is 0.941 bits per heavy atom. The van der Waals surface area contributed by atoms with Crippen molar-refractivity contribution in [2.45, 2.75) is 67.5 Å². The Morgan fingerprint density at radius 2 is 1.65 bits per heavy atom. The van der Waals surface area contributed by atoms with Crippen molar-refractivity contribution < 1.29 is 13.5 Å². The Hall–Kier alpha value is -1.90. The second-order valence-corrected chi connectivity index (χ2v) is 12.3. The number of aliphatic hydroxyl groups is 1. The van der Waals surface area contributed by atoms with Crippen molar-refractivity contribution in [1.29, 1.82) is 0 Å². The maximum Gasteiger partial charge on any atom is 0.245 e. The van der Waals surface area contributed by atoms with Crippen LogP contribution in [0, 0.1) is 0 Å². The first-order valence-corrected chi connectivity index (χ1v) is 13.9. The van der Waals surface area contributed by atoms with E-state index < -0.39 is 16.1 Å². The van der Waals surface area contributed by atoms with Gasteiger partial charge in [0.1, 0.15) is 10.7 Å². The van der Waals surface area contributed by atoms with Gasteiger partial charge in [0.15, 0.2) is 0 Å². The highest BCUT2D eigenvalue weighted by atomic mass is 35.5. The van der Waals surface area contributed by atoms with Gasteiger partial charge in [0.05, 0.1) is 23.0 Å². The molecule has 2 bridgehead atoms. The van der Waals surface area contributed by atoms with Gasteiger partial charge in [-0.15, -0.1) is 0 Å². The lowest BCUT2D eigenvalue weighted by atomic mass is 10.0. The van der Waals surface area contributed by atoms with Crippen LogP contribution in [0.5, 0.6) is 0 Å². The first kappa shape index (κ1) is 22.6. The lowest BCUT2D eigenvalue weighted by Crippen LogP contribution is -2.47. The minimum atomic E-state index is -3.81. The number of H-pyrrole nitrogens is 1. The fraction of sp³-hybridized carbons (Fsp3) is 0.400. The molecule has 2 saturated heterocycles. The summed E-state index contributed by atoms with van der Waals surface area (Å²) in [6.45, 7) is 0. The number of halogens is 2. The van der Waals surface area contributed by atoms with E-state index in [2.05, 4.69) is 16.0 Å².